The van der Waals surface area contributed by atoms with Crippen LogP contribution in [-0.2, 0) is 12.7 Å². The van der Waals surface area contributed by atoms with E-state index in [2.05, 4.69) is 5.10 Å². The summed E-state index contributed by atoms with van der Waals surface area (Å²) in [5, 5.41) is 3.14. The Morgan fingerprint density at radius 3 is 2.54 bits per heavy atom. The van der Waals surface area contributed by atoms with Crippen molar-refractivity contribution < 1.29 is 13.2 Å². The van der Waals surface area contributed by atoms with Gasteiger partial charge in [0.1, 0.15) is 0 Å². The quantitative estimate of drug-likeness (QED) is 0.671. The first-order chi connectivity index (χ1) is 5.95. The highest BCUT2D eigenvalue weighted by atomic mass is 19.4. The lowest BCUT2D eigenvalue weighted by molar-refractivity contribution is -0.215. The summed E-state index contributed by atoms with van der Waals surface area (Å²) in [4.78, 5) is 10.7. The predicted molar refractivity (Wildman–Crippen MR) is 39.2 cm³/mol. The molecule has 0 aliphatic rings. The molecule has 0 atom stereocenters. The van der Waals surface area contributed by atoms with Crippen molar-refractivity contribution in [2.75, 3.05) is 0 Å². The van der Waals surface area contributed by atoms with Gasteiger partial charge in [0.15, 0.2) is 0 Å². The minimum atomic E-state index is -4.73. The van der Waals surface area contributed by atoms with Crippen LogP contribution in [0.3, 0.4) is 0 Å². The van der Waals surface area contributed by atoms with Crippen LogP contribution in [0.1, 0.15) is 12.6 Å². The number of rotatable bonds is 1. The molecule has 1 rings (SSSR count). The van der Waals surface area contributed by atoms with Gasteiger partial charge in [-0.25, -0.2) is 0 Å². The summed E-state index contributed by atoms with van der Waals surface area (Å²) in [7, 11) is 0. The monoisotopic (exact) mass is 192 g/mol. The molecular weight excluding hydrogens is 185 g/mol. The minimum absolute atomic E-state index is 0.233. The van der Waals surface area contributed by atoms with E-state index < -0.39 is 16.5 Å². The Morgan fingerprint density at radius 2 is 2.08 bits per heavy atom. The highest BCUT2D eigenvalue weighted by Crippen LogP contribution is 2.18. The van der Waals surface area contributed by atoms with Gasteiger partial charge in [-0.05, 0) is 12.5 Å². The van der Waals surface area contributed by atoms with Crippen molar-refractivity contribution in [2.45, 2.75) is 19.6 Å². The van der Waals surface area contributed by atoms with Crippen molar-refractivity contribution in [2.24, 2.45) is 0 Å². The zero-order valence-electron chi connectivity index (χ0n) is 6.80. The third-order valence-electron chi connectivity index (χ3n) is 1.46. The summed E-state index contributed by atoms with van der Waals surface area (Å²) in [6, 6.07) is 2.14. The van der Waals surface area contributed by atoms with E-state index in [4.69, 9.17) is 0 Å². The zero-order chi connectivity index (χ0) is 10.1. The Bertz CT molecular complexity index is 355. The van der Waals surface area contributed by atoms with Crippen molar-refractivity contribution in [1.29, 1.82) is 0 Å². The van der Waals surface area contributed by atoms with E-state index in [1.54, 1.807) is 6.92 Å². The molecule has 0 amide bonds. The lowest BCUT2D eigenvalue weighted by atomic mass is 10.3. The van der Waals surface area contributed by atoms with Crippen LogP contribution < -0.4 is 5.56 Å². The normalized spacial score (nSPS) is 11.7. The van der Waals surface area contributed by atoms with Crippen LogP contribution in [0.15, 0.2) is 16.9 Å². The summed E-state index contributed by atoms with van der Waals surface area (Å²) in [5.74, 6) is 0. The first-order valence-electron chi connectivity index (χ1n) is 3.61. The molecule has 0 aliphatic carbocycles. The van der Waals surface area contributed by atoms with Crippen LogP contribution in [-0.4, -0.2) is 9.78 Å². The number of aromatic nitrogens is 2. The molecule has 0 radical (unpaired) electrons. The summed E-state index contributed by atoms with van der Waals surface area (Å²) in [5.41, 5.74) is -0.929. The number of alkyl halides is 3. The van der Waals surface area contributed by atoms with Crippen LogP contribution >= 0.6 is 0 Å². The van der Waals surface area contributed by atoms with Crippen LogP contribution in [0.2, 0.25) is 0 Å². The molecule has 0 bridgehead atoms. The van der Waals surface area contributed by atoms with Crippen LogP contribution in [0.5, 0.6) is 0 Å². The van der Waals surface area contributed by atoms with Gasteiger partial charge in [0, 0.05) is 6.07 Å². The second kappa shape index (κ2) is 3.20. The molecule has 0 saturated carbocycles. The fraction of sp³-hybridized carbons (Fsp3) is 0.429. The van der Waals surface area contributed by atoms with Gasteiger partial charge >= 0.3 is 6.30 Å². The smallest absolute Gasteiger partial charge is 0.268 e. The molecular formula is C7H7F3N2O. The molecule has 0 unspecified atom stereocenters. The number of aryl methyl sites for hydroxylation is 1. The van der Waals surface area contributed by atoms with Crippen molar-refractivity contribution in [3.63, 3.8) is 0 Å². The Labute approximate surface area is 71.8 Å². The van der Waals surface area contributed by atoms with Gasteiger partial charge < -0.3 is 0 Å². The largest absolute Gasteiger partial charge is 0.507 e. The summed E-state index contributed by atoms with van der Waals surface area (Å²) >= 11 is 0. The van der Waals surface area contributed by atoms with Crippen molar-refractivity contribution in [3.05, 3.63) is 28.2 Å². The number of hydrogen-bond acceptors (Lipinski definition) is 2. The number of nitrogens with zero attached hydrogens (tertiary/aromatic N) is 2. The number of hydrogen-bond donors (Lipinski definition) is 0. The minimum Gasteiger partial charge on any atom is -0.268 e. The topological polar surface area (TPSA) is 34.9 Å². The standard InChI is InChI=1S/C7H7F3N2O/c1-2-5-3-4-6(13)12(11-5)7(8,9)10/h3-4H,2H2,1H3. The molecule has 0 aliphatic heterocycles. The van der Waals surface area contributed by atoms with Crippen LogP contribution in [0, 0.1) is 0 Å². The van der Waals surface area contributed by atoms with Gasteiger partial charge in [-0.3, -0.25) is 4.79 Å². The van der Waals surface area contributed by atoms with E-state index >= 15 is 0 Å². The fourth-order valence-electron chi connectivity index (χ4n) is 0.819. The molecule has 72 valence electrons. The molecule has 1 aromatic rings. The number of halogens is 3. The van der Waals surface area contributed by atoms with Gasteiger partial charge in [0.05, 0.1) is 5.69 Å². The first-order valence-corrected chi connectivity index (χ1v) is 3.61. The molecule has 0 N–H and O–H groups in total. The Morgan fingerprint density at radius 1 is 1.46 bits per heavy atom. The maximum atomic E-state index is 12.1. The highest BCUT2D eigenvalue weighted by Gasteiger charge is 2.33. The second-order valence-corrected chi connectivity index (χ2v) is 2.40. The van der Waals surface area contributed by atoms with Crippen molar-refractivity contribution in [1.82, 2.24) is 9.78 Å². The lowest BCUT2D eigenvalue weighted by Gasteiger charge is -2.08. The fourth-order valence-corrected chi connectivity index (χ4v) is 0.819. The molecule has 3 nitrogen and oxygen atoms in total. The molecule has 13 heavy (non-hydrogen) atoms. The Balaban J connectivity index is 3.28. The van der Waals surface area contributed by atoms with E-state index in [9.17, 15) is 18.0 Å². The lowest BCUT2D eigenvalue weighted by Crippen LogP contribution is -2.33. The summed E-state index contributed by atoms with van der Waals surface area (Å²) < 4.78 is 35.7. The van der Waals surface area contributed by atoms with E-state index in [0.717, 1.165) is 6.07 Å². The third-order valence-corrected chi connectivity index (χ3v) is 1.46. The predicted octanol–water partition coefficient (Wildman–Crippen LogP) is 1.28. The van der Waals surface area contributed by atoms with Gasteiger partial charge in [-0.15, -0.1) is 17.9 Å². The maximum absolute atomic E-state index is 12.1. The van der Waals surface area contributed by atoms with E-state index in [1.165, 1.54) is 6.07 Å². The Kier molecular flexibility index (Phi) is 2.40. The van der Waals surface area contributed by atoms with E-state index in [1.807, 2.05) is 0 Å². The molecule has 1 heterocycles. The van der Waals surface area contributed by atoms with Gasteiger partial charge in [-0.1, -0.05) is 6.92 Å². The van der Waals surface area contributed by atoms with Gasteiger partial charge in [-0.2, -0.15) is 5.10 Å². The highest BCUT2D eigenvalue weighted by molar-refractivity contribution is 4.99. The van der Waals surface area contributed by atoms with E-state index in [0.29, 0.717) is 6.42 Å². The Hall–Kier alpha value is -1.33. The van der Waals surface area contributed by atoms with Crippen LogP contribution in [0.25, 0.3) is 0 Å². The molecule has 0 spiro atoms. The van der Waals surface area contributed by atoms with Crippen molar-refractivity contribution in [3.8, 4) is 0 Å². The average Bonchev–Trinajstić information content (AvgIpc) is 2.03. The zero-order valence-corrected chi connectivity index (χ0v) is 6.80. The van der Waals surface area contributed by atoms with E-state index in [-0.39, 0.29) is 5.69 Å². The summed E-state index contributed by atoms with van der Waals surface area (Å²) in [6.45, 7) is 1.66. The van der Waals surface area contributed by atoms with Crippen LogP contribution in [0.4, 0.5) is 13.2 Å². The summed E-state index contributed by atoms with van der Waals surface area (Å²) in [6.07, 6.45) is -4.38. The molecule has 0 fully saturated rings. The molecule has 1 aromatic heterocycles. The van der Waals surface area contributed by atoms with Gasteiger partial charge in [0.25, 0.3) is 5.56 Å². The maximum Gasteiger partial charge on any atom is 0.507 e. The third kappa shape index (κ3) is 2.07. The average molecular weight is 192 g/mol. The molecule has 0 saturated heterocycles. The van der Waals surface area contributed by atoms with Gasteiger partial charge in [0.2, 0.25) is 0 Å². The SMILES string of the molecule is CCc1ccc(=O)n(C(F)(F)F)n1. The molecule has 0 aromatic carbocycles. The second-order valence-electron chi connectivity index (χ2n) is 2.40. The van der Waals surface area contributed by atoms with Crippen molar-refractivity contribution >= 4 is 0 Å². The first kappa shape index (κ1) is 9.76. The molecule has 6 heteroatoms.